The molecule has 1 aliphatic rings. The van der Waals surface area contributed by atoms with E-state index in [1.165, 1.54) is 4.90 Å². The van der Waals surface area contributed by atoms with Crippen LogP contribution in [0.25, 0.3) is 0 Å². The molecule has 0 saturated carbocycles. The predicted molar refractivity (Wildman–Crippen MR) is 117 cm³/mol. The average Bonchev–Trinajstić information content (AvgIpc) is 3.03. The van der Waals surface area contributed by atoms with Crippen molar-refractivity contribution >= 4 is 29.3 Å². The Morgan fingerprint density at radius 2 is 2.04 bits per heavy atom. The highest BCUT2D eigenvalue weighted by Crippen LogP contribution is 2.31. The van der Waals surface area contributed by atoms with Crippen molar-refractivity contribution < 1.29 is 0 Å². The molecule has 1 fully saturated rings. The van der Waals surface area contributed by atoms with Crippen LogP contribution >= 0.6 is 23.4 Å². The van der Waals surface area contributed by atoms with E-state index in [-0.39, 0.29) is 0 Å². The molecule has 0 atom stereocenters. The van der Waals surface area contributed by atoms with Gasteiger partial charge in [0.15, 0.2) is 11.8 Å². The number of thioether (sulfide) groups is 1. The Hall–Kier alpha value is -1.99. The third-order valence-electron chi connectivity index (χ3n) is 4.82. The minimum atomic E-state index is 0.510. The second-order valence-electron chi connectivity index (χ2n) is 6.79. The quantitative estimate of drug-likeness (QED) is 0.440. The summed E-state index contributed by atoms with van der Waals surface area (Å²) in [4.78, 5) is 8.39. The zero-order valence-corrected chi connectivity index (χ0v) is 18.0. The largest absolute Gasteiger partial charge is 0.353 e. The first-order valence-corrected chi connectivity index (χ1v) is 10.7. The van der Waals surface area contributed by atoms with E-state index in [4.69, 9.17) is 16.6 Å². The first-order chi connectivity index (χ1) is 13.6. The van der Waals surface area contributed by atoms with Crippen LogP contribution in [0.15, 0.2) is 46.8 Å². The Morgan fingerprint density at radius 3 is 2.64 bits per heavy atom. The number of nitrogens with zero attached hydrogens (tertiary/aromatic N) is 5. The number of benzene rings is 1. The van der Waals surface area contributed by atoms with Crippen molar-refractivity contribution in [3.8, 4) is 0 Å². The van der Waals surface area contributed by atoms with E-state index in [1.54, 1.807) is 0 Å². The van der Waals surface area contributed by atoms with Crippen LogP contribution in [0.3, 0.4) is 0 Å². The van der Waals surface area contributed by atoms with Gasteiger partial charge in [0.1, 0.15) is 12.4 Å². The van der Waals surface area contributed by atoms with Gasteiger partial charge in [-0.25, -0.2) is 4.99 Å². The van der Waals surface area contributed by atoms with Gasteiger partial charge in [0.05, 0.1) is 0 Å². The van der Waals surface area contributed by atoms with Gasteiger partial charge < -0.3 is 14.8 Å². The highest BCUT2D eigenvalue weighted by atomic mass is 35.5. The van der Waals surface area contributed by atoms with Crippen LogP contribution in [0.2, 0.25) is 5.02 Å². The van der Waals surface area contributed by atoms with E-state index in [9.17, 15) is 0 Å². The topological polar surface area (TPSA) is 58.3 Å². The summed E-state index contributed by atoms with van der Waals surface area (Å²) in [5, 5.41) is 13.1. The standard InChI is InChI=1S/C20H27ClN6S/c1-4-11-22-20(23-14-19-25-24-15(2)26(19)3)27-12-9-18(10-13-27)28-17-7-5-16(21)6-8-17/h4-8,18H,1,9-14H2,2-3H3,(H,22,23). The monoisotopic (exact) mass is 418 g/mol. The molecule has 0 radical (unpaired) electrons. The Morgan fingerprint density at radius 1 is 1.32 bits per heavy atom. The molecule has 0 unspecified atom stereocenters. The SMILES string of the molecule is C=CCNC(=NCc1nnc(C)n1C)N1CCC(Sc2ccc(Cl)cc2)CC1. The molecule has 150 valence electrons. The van der Waals surface area contributed by atoms with Gasteiger partial charge in [-0.1, -0.05) is 17.7 Å². The molecule has 28 heavy (non-hydrogen) atoms. The van der Waals surface area contributed by atoms with Crippen molar-refractivity contribution in [3.63, 3.8) is 0 Å². The number of guanidine groups is 1. The summed E-state index contributed by atoms with van der Waals surface area (Å²) in [5.41, 5.74) is 0. The minimum Gasteiger partial charge on any atom is -0.353 e. The van der Waals surface area contributed by atoms with Crippen molar-refractivity contribution in [2.75, 3.05) is 19.6 Å². The van der Waals surface area contributed by atoms with Crippen LogP contribution < -0.4 is 5.32 Å². The molecular formula is C20H27ClN6S. The molecule has 8 heteroatoms. The van der Waals surface area contributed by atoms with Crippen molar-refractivity contribution in [3.05, 3.63) is 53.6 Å². The lowest BCUT2D eigenvalue weighted by Gasteiger charge is -2.34. The number of rotatable bonds is 6. The molecule has 6 nitrogen and oxygen atoms in total. The van der Waals surface area contributed by atoms with E-state index in [2.05, 4.69) is 39.1 Å². The molecule has 0 amide bonds. The van der Waals surface area contributed by atoms with Crippen LogP contribution in [-0.4, -0.2) is 50.5 Å². The number of halogens is 1. The zero-order chi connectivity index (χ0) is 19.9. The maximum atomic E-state index is 5.98. The van der Waals surface area contributed by atoms with E-state index in [1.807, 2.05) is 48.5 Å². The van der Waals surface area contributed by atoms with Gasteiger partial charge in [0.25, 0.3) is 0 Å². The summed E-state index contributed by atoms with van der Waals surface area (Å²) in [5.74, 6) is 2.67. The number of aromatic nitrogens is 3. The molecule has 0 spiro atoms. The number of nitrogens with one attached hydrogen (secondary N) is 1. The fourth-order valence-corrected chi connectivity index (χ4v) is 4.31. The van der Waals surface area contributed by atoms with Crippen LogP contribution in [0.4, 0.5) is 0 Å². The molecule has 0 bridgehead atoms. The van der Waals surface area contributed by atoms with Gasteiger partial charge in [-0.05, 0) is 44.0 Å². The molecule has 2 heterocycles. The van der Waals surface area contributed by atoms with Crippen LogP contribution in [0.5, 0.6) is 0 Å². The third-order valence-corrected chi connectivity index (χ3v) is 6.42. The van der Waals surface area contributed by atoms with Gasteiger partial charge in [-0.3, -0.25) is 0 Å². The van der Waals surface area contributed by atoms with E-state index >= 15 is 0 Å². The molecule has 1 aromatic heterocycles. The summed E-state index contributed by atoms with van der Waals surface area (Å²) in [6, 6.07) is 8.11. The number of aliphatic imine (C=N–C) groups is 1. The van der Waals surface area contributed by atoms with Crippen molar-refractivity contribution in [2.45, 2.75) is 36.5 Å². The lowest BCUT2D eigenvalue weighted by atomic mass is 10.1. The first-order valence-electron chi connectivity index (χ1n) is 9.48. The predicted octanol–water partition coefficient (Wildman–Crippen LogP) is 3.67. The summed E-state index contributed by atoms with van der Waals surface area (Å²) >= 11 is 7.92. The van der Waals surface area contributed by atoms with E-state index in [0.29, 0.717) is 18.3 Å². The van der Waals surface area contributed by atoms with Gasteiger partial charge in [-0.15, -0.1) is 28.5 Å². The average molecular weight is 419 g/mol. The van der Waals surface area contributed by atoms with Crippen LogP contribution in [0.1, 0.15) is 24.5 Å². The van der Waals surface area contributed by atoms with E-state index in [0.717, 1.165) is 48.6 Å². The number of hydrogen-bond donors (Lipinski definition) is 1. The number of hydrogen-bond acceptors (Lipinski definition) is 4. The molecule has 1 aliphatic heterocycles. The van der Waals surface area contributed by atoms with E-state index < -0.39 is 0 Å². The fourth-order valence-electron chi connectivity index (χ4n) is 3.06. The Balaban J connectivity index is 1.59. The van der Waals surface area contributed by atoms with Gasteiger partial charge in [0.2, 0.25) is 0 Å². The fraction of sp³-hybridized carbons (Fsp3) is 0.450. The summed E-state index contributed by atoms with van der Waals surface area (Å²) in [6.45, 7) is 8.91. The lowest BCUT2D eigenvalue weighted by Crippen LogP contribution is -2.46. The molecule has 3 rings (SSSR count). The first kappa shape index (κ1) is 20.7. The van der Waals surface area contributed by atoms with Crippen molar-refractivity contribution in [1.29, 1.82) is 0 Å². The van der Waals surface area contributed by atoms with Crippen LogP contribution in [-0.2, 0) is 13.6 Å². The second kappa shape index (κ2) is 9.98. The van der Waals surface area contributed by atoms with Crippen molar-refractivity contribution in [1.82, 2.24) is 25.0 Å². The minimum absolute atomic E-state index is 0.510. The highest BCUT2D eigenvalue weighted by Gasteiger charge is 2.22. The van der Waals surface area contributed by atoms with Gasteiger partial charge in [-0.2, -0.15) is 0 Å². The summed E-state index contributed by atoms with van der Waals surface area (Å²) in [7, 11) is 1.97. The number of likely N-dealkylation sites (tertiary alicyclic amines) is 1. The maximum Gasteiger partial charge on any atom is 0.194 e. The molecule has 0 aliphatic carbocycles. The normalized spacial score (nSPS) is 15.7. The second-order valence-corrected chi connectivity index (χ2v) is 8.60. The molecular weight excluding hydrogens is 392 g/mol. The Kier molecular flexibility index (Phi) is 7.39. The summed E-state index contributed by atoms with van der Waals surface area (Å²) in [6.07, 6.45) is 4.08. The van der Waals surface area contributed by atoms with Gasteiger partial charge >= 0.3 is 0 Å². The Bertz CT molecular complexity index is 809. The maximum absolute atomic E-state index is 5.98. The van der Waals surface area contributed by atoms with Crippen molar-refractivity contribution in [2.24, 2.45) is 12.0 Å². The van der Waals surface area contributed by atoms with Crippen LogP contribution in [0, 0.1) is 6.92 Å². The number of aryl methyl sites for hydroxylation is 1. The number of piperidine rings is 1. The molecule has 2 aromatic rings. The molecule has 1 N–H and O–H groups in total. The zero-order valence-electron chi connectivity index (χ0n) is 16.4. The highest BCUT2D eigenvalue weighted by molar-refractivity contribution is 8.00. The Labute approximate surface area is 176 Å². The molecule has 1 aromatic carbocycles. The molecule has 1 saturated heterocycles. The van der Waals surface area contributed by atoms with Gasteiger partial charge in [0, 0.05) is 41.8 Å². The summed E-state index contributed by atoms with van der Waals surface area (Å²) < 4.78 is 1.98. The lowest BCUT2D eigenvalue weighted by molar-refractivity contribution is 0.338. The third kappa shape index (κ3) is 5.52. The smallest absolute Gasteiger partial charge is 0.194 e.